The maximum atomic E-state index is 13.2. The van der Waals surface area contributed by atoms with Crippen LogP contribution in [0.4, 0.5) is 5.69 Å². The average molecular weight is 544 g/mol. The van der Waals surface area contributed by atoms with Crippen molar-refractivity contribution in [3.63, 3.8) is 0 Å². The van der Waals surface area contributed by atoms with Crippen molar-refractivity contribution >= 4 is 68.5 Å². The summed E-state index contributed by atoms with van der Waals surface area (Å²) in [5.41, 5.74) is 2.71. The molecule has 37 heavy (non-hydrogen) atoms. The number of ether oxygens (including phenoxy) is 2. The number of nitrogens with zero attached hydrogens (tertiary/aromatic N) is 1. The van der Waals surface area contributed by atoms with E-state index >= 15 is 0 Å². The molecule has 1 amide bonds. The maximum absolute atomic E-state index is 13.2. The van der Waals surface area contributed by atoms with E-state index < -0.39 is 0 Å². The third-order valence-corrected chi connectivity index (χ3v) is 7.91. The van der Waals surface area contributed by atoms with Gasteiger partial charge in [-0.15, -0.1) is 11.8 Å². The molecular formula is C30H25NO3S3. The highest BCUT2D eigenvalue weighted by molar-refractivity contribution is 8.27. The molecule has 4 aromatic rings. The number of thioether (sulfide) groups is 2. The van der Waals surface area contributed by atoms with Crippen molar-refractivity contribution in [2.75, 3.05) is 17.8 Å². The first-order valence-electron chi connectivity index (χ1n) is 11.8. The van der Waals surface area contributed by atoms with E-state index in [-0.39, 0.29) is 5.91 Å². The molecule has 4 nitrogen and oxygen atoms in total. The van der Waals surface area contributed by atoms with Crippen LogP contribution >= 0.6 is 35.7 Å². The minimum atomic E-state index is -0.122. The molecule has 1 aliphatic heterocycles. The van der Waals surface area contributed by atoms with Gasteiger partial charge in [-0.05, 0) is 77.6 Å². The van der Waals surface area contributed by atoms with E-state index in [4.69, 9.17) is 21.7 Å². The molecule has 0 atom stereocenters. The fourth-order valence-corrected chi connectivity index (χ4v) is 5.84. The van der Waals surface area contributed by atoms with Crippen LogP contribution in [0, 0.1) is 0 Å². The fraction of sp³-hybridized carbons (Fsp3) is 0.133. The summed E-state index contributed by atoms with van der Waals surface area (Å²) in [6, 6.07) is 28.2. The lowest BCUT2D eigenvalue weighted by atomic mass is 10.1. The van der Waals surface area contributed by atoms with Crippen molar-refractivity contribution in [3.05, 3.63) is 101 Å². The first kappa shape index (κ1) is 25.4. The maximum Gasteiger partial charge on any atom is 0.270 e. The normalized spacial score (nSPS) is 14.5. The molecule has 7 heteroatoms. The number of carbonyl (C=O) groups excluding carboxylic acids is 1. The van der Waals surface area contributed by atoms with Gasteiger partial charge in [0.2, 0.25) is 0 Å². The molecule has 0 radical (unpaired) electrons. The molecule has 186 valence electrons. The lowest BCUT2D eigenvalue weighted by Crippen LogP contribution is -2.27. The Morgan fingerprint density at radius 2 is 1.76 bits per heavy atom. The number of benzene rings is 4. The Morgan fingerprint density at radius 1 is 0.919 bits per heavy atom. The monoisotopic (exact) mass is 543 g/mol. The number of hydrogen-bond acceptors (Lipinski definition) is 6. The molecule has 0 bridgehead atoms. The van der Waals surface area contributed by atoms with Gasteiger partial charge in [0.05, 0.1) is 17.2 Å². The molecule has 0 N–H and O–H groups in total. The summed E-state index contributed by atoms with van der Waals surface area (Å²) >= 11 is 8.48. The topological polar surface area (TPSA) is 38.8 Å². The molecule has 0 aliphatic carbocycles. The molecule has 1 saturated heterocycles. The van der Waals surface area contributed by atoms with Crippen molar-refractivity contribution in [3.8, 4) is 11.5 Å². The molecule has 4 aromatic carbocycles. The third-order valence-electron chi connectivity index (χ3n) is 5.88. The minimum absolute atomic E-state index is 0.122. The Labute approximate surface area is 230 Å². The number of amides is 1. The molecule has 0 aromatic heterocycles. The van der Waals surface area contributed by atoms with Gasteiger partial charge in [0, 0.05) is 4.90 Å². The van der Waals surface area contributed by atoms with Crippen molar-refractivity contribution in [2.45, 2.75) is 18.4 Å². The van der Waals surface area contributed by atoms with Gasteiger partial charge in [-0.3, -0.25) is 9.69 Å². The molecule has 0 unspecified atom stereocenters. The predicted molar refractivity (Wildman–Crippen MR) is 160 cm³/mol. The summed E-state index contributed by atoms with van der Waals surface area (Å²) in [6.07, 6.45) is 3.86. The van der Waals surface area contributed by atoms with Crippen LogP contribution in [0.25, 0.3) is 16.8 Å². The van der Waals surface area contributed by atoms with Crippen LogP contribution < -0.4 is 14.4 Å². The summed E-state index contributed by atoms with van der Waals surface area (Å²) in [5.74, 6) is 1.18. The van der Waals surface area contributed by atoms with Gasteiger partial charge in [0.25, 0.3) is 5.91 Å². The number of carbonyl (C=O) groups is 1. The molecule has 0 spiro atoms. The smallest absolute Gasteiger partial charge is 0.270 e. The number of hydrogen-bond donors (Lipinski definition) is 0. The second kappa shape index (κ2) is 11.4. The molecule has 1 heterocycles. The second-order valence-electron chi connectivity index (χ2n) is 8.33. The number of fused-ring (bicyclic) bond motifs is 1. The van der Waals surface area contributed by atoms with Crippen LogP contribution in [-0.4, -0.2) is 23.1 Å². The quantitative estimate of drug-likeness (QED) is 0.128. The van der Waals surface area contributed by atoms with Gasteiger partial charge in [-0.2, -0.15) is 0 Å². The van der Waals surface area contributed by atoms with E-state index in [0.29, 0.717) is 33.9 Å². The van der Waals surface area contributed by atoms with Gasteiger partial charge >= 0.3 is 0 Å². The summed E-state index contributed by atoms with van der Waals surface area (Å²) in [4.78, 5) is 16.5. The minimum Gasteiger partial charge on any atom is -0.490 e. The van der Waals surface area contributed by atoms with Crippen LogP contribution in [0.1, 0.15) is 18.1 Å². The van der Waals surface area contributed by atoms with E-state index in [2.05, 4.69) is 30.3 Å². The highest BCUT2D eigenvalue weighted by Gasteiger charge is 2.33. The summed E-state index contributed by atoms with van der Waals surface area (Å²) < 4.78 is 12.5. The van der Waals surface area contributed by atoms with Gasteiger partial charge in [-0.1, -0.05) is 72.5 Å². The van der Waals surface area contributed by atoms with Gasteiger partial charge in [0.15, 0.2) is 15.8 Å². The lowest BCUT2D eigenvalue weighted by molar-refractivity contribution is -0.113. The zero-order valence-corrected chi connectivity index (χ0v) is 22.9. The standard InChI is InChI=1S/C30H25NO3S3/c1-3-33-27-16-20(12-14-26(27)34-19-21-11-13-22-7-4-5-8-23(22)15-21)17-28-29(32)31(30(35)37-28)24-9-6-10-25(18-24)36-2/h4-18H,3,19H2,1-2H3/b28-17+. The van der Waals surface area contributed by atoms with E-state index in [1.165, 1.54) is 22.5 Å². The first-order valence-corrected chi connectivity index (χ1v) is 14.3. The largest absolute Gasteiger partial charge is 0.490 e. The Kier molecular flexibility index (Phi) is 7.84. The van der Waals surface area contributed by atoms with Gasteiger partial charge < -0.3 is 9.47 Å². The molecule has 0 saturated carbocycles. The fourth-order valence-electron chi connectivity index (χ4n) is 4.08. The van der Waals surface area contributed by atoms with Crippen LogP contribution in [0.5, 0.6) is 11.5 Å². The molecule has 1 aliphatic rings. The predicted octanol–water partition coefficient (Wildman–Crippen LogP) is 7.95. The van der Waals surface area contributed by atoms with Crippen molar-refractivity contribution in [1.82, 2.24) is 0 Å². The van der Waals surface area contributed by atoms with E-state index in [0.717, 1.165) is 21.7 Å². The first-order chi connectivity index (χ1) is 18.1. The molecule has 1 fully saturated rings. The Bertz CT molecular complexity index is 1520. The molecule has 5 rings (SSSR count). The van der Waals surface area contributed by atoms with Crippen molar-refractivity contribution in [1.29, 1.82) is 0 Å². The van der Waals surface area contributed by atoms with E-state index in [1.807, 2.05) is 73.9 Å². The van der Waals surface area contributed by atoms with Crippen LogP contribution in [0.3, 0.4) is 0 Å². The Hall–Kier alpha value is -3.26. The lowest BCUT2D eigenvalue weighted by Gasteiger charge is -2.15. The average Bonchev–Trinajstić information content (AvgIpc) is 3.20. The summed E-state index contributed by atoms with van der Waals surface area (Å²) in [7, 11) is 0. The number of rotatable bonds is 8. The van der Waals surface area contributed by atoms with E-state index in [9.17, 15) is 4.79 Å². The van der Waals surface area contributed by atoms with Crippen molar-refractivity contribution < 1.29 is 14.3 Å². The van der Waals surface area contributed by atoms with Crippen molar-refractivity contribution in [2.24, 2.45) is 0 Å². The summed E-state index contributed by atoms with van der Waals surface area (Å²) in [6.45, 7) is 2.87. The SMILES string of the molecule is CCOc1cc(/C=C2/SC(=S)N(c3cccc(SC)c3)C2=O)ccc1OCc1ccc2ccccc2c1. The van der Waals surface area contributed by atoms with Gasteiger partial charge in [-0.25, -0.2) is 0 Å². The zero-order valence-electron chi connectivity index (χ0n) is 20.5. The summed E-state index contributed by atoms with van der Waals surface area (Å²) in [5, 5.41) is 2.38. The zero-order chi connectivity index (χ0) is 25.8. The highest BCUT2D eigenvalue weighted by atomic mass is 32.2. The van der Waals surface area contributed by atoms with Crippen LogP contribution in [-0.2, 0) is 11.4 Å². The Morgan fingerprint density at radius 3 is 2.57 bits per heavy atom. The Balaban J connectivity index is 1.35. The number of anilines is 1. The van der Waals surface area contributed by atoms with Crippen LogP contribution in [0.15, 0.2) is 94.7 Å². The van der Waals surface area contributed by atoms with Crippen LogP contribution in [0.2, 0.25) is 0 Å². The second-order valence-corrected chi connectivity index (χ2v) is 10.9. The third kappa shape index (κ3) is 5.69. The highest BCUT2D eigenvalue weighted by Crippen LogP contribution is 2.38. The number of thiocarbonyl (C=S) groups is 1. The molecular weight excluding hydrogens is 519 g/mol. The van der Waals surface area contributed by atoms with E-state index in [1.54, 1.807) is 16.7 Å². The van der Waals surface area contributed by atoms with Gasteiger partial charge in [0.1, 0.15) is 6.61 Å².